The Morgan fingerprint density at radius 3 is 2.54 bits per heavy atom. The molecule has 2 aromatic carbocycles. The number of hydrogen-bond donors (Lipinski definition) is 1. The van der Waals surface area contributed by atoms with Gasteiger partial charge in [0.2, 0.25) is 0 Å². The van der Waals surface area contributed by atoms with Gasteiger partial charge in [0.25, 0.3) is 5.91 Å². The minimum absolute atomic E-state index is 0.273. The first-order valence-electron chi connectivity index (χ1n) is 7.48. The molecule has 26 heavy (non-hydrogen) atoms. The molecule has 0 atom stereocenters. The number of pyridine rings is 1. The van der Waals surface area contributed by atoms with Gasteiger partial charge < -0.3 is 10.1 Å². The van der Waals surface area contributed by atoms with Crippen molar-refractivity contribution in [3.8, 4) is 5.75 Å². The molecule has 0 saturated heterocycles. The predicted molar refractivity (Wildman–Crippen MR) is 107 cm³/mol. The molecule has 134 valence electrons. The van der Waals surface area contributed by atoms with Crippen LogP contribution >= 0.6 is 46.4 Å². The molecule has 1 amide bonds. The standard InChI is InChI=1S/C18H12Cl4N2O2/c1-9-2-4-11-12(20)7-14(22)18(17(11)23-9)26-8-16(25)24-15-5-3-10(19)6-13(15)21/h2-7H,8H2,1H3,(H,24,25). The van der Waals surface area contributed by atoms with Gasteiger partial charge in [0.1, 0.15) is 5.52 Å². The normalized spacial score (nSPS) is 10.8. The van der Waals surface area contributed by atoms with Crippen LogP contribution in [0.3, 0.4) is 0 Å². The quantitative estimate of drug-likeness (QED) is 0.539. The predicted octanol–water partition coefficient (Wildman–Crippen LogP) is 6.17. The van der Waals surface area contributed by atoms with Crippen LogP contribution in [0, 0.1) is 6.92 Å². The summed E-state index contributed by atoms with van der Waals surface area (Å²) in [4.78, 5) is 16.6. The molecule has 3 aromatic rings. The van der Waals surface area contributed by atoms with Gasteiger partial charge in [-0.25, -0.2) is 4.98 Å². The molecule has 0 fully saturated rings. The zero-order chi connectivity index (χ0) is 18.8. The third kappa shape index (κ3) is 4.15. The van der Waals surface area contributed by atoms with Crippen molar-refractivity contribution in [2.75, 3.05) is 11.9 Å². The fourth-order valence-electron chi connectivity index (χ4n) is 2.34. The number of nitrogens with one attached hydrogen (secondary N) is 1. The van der Waals surface area contributed by atoms with Crippen LogP contribution in [-0.4, -0.2) is 17.5 Å². The van der Waals surface area contributed by atoms with Crippen LogP contribution in [0.2, 0.25) is 20.1 Å². The Balaban J connectivity index is 1.81. The second kappa shape index (κ2) is 7.89. The lowest BCUT2D eigenvalue weighted by Gasteiger charge is -2.13. The van der Waals surface area contributed by atoms with Gasteiger partial charge in [-0.2, -0.15) is 0 Å². The molecule has 0 bridgehead atoms. The van der Waals surface area contributed by atoms with Gasteiger partial charge >= 0.3 is 0 Å². The smallest absolute Gasteiger partial charge is 0.262 e. The molecule has 0 spiro atoms. The fraction of sp³-hybridized carbons (Fsp3) is 0.111. The van der Waals surface area contributed by atoms with E-state index < -0.39 is 5.91 Å². The summed E-state index contributed by atoms with van der Waals surface area (Å²) in [6.07, 6.45) is 0. The average molecular weight is 430 g/mol. The summed E-state index contributed by atoms with van der Waals surface area (Å²) in [6.45, 7) is 1.57. The number of ether oxygens (including phenoxy) is 1. The van der Waals surface area contributed by atoms with Crippen molar-refractivity contribution in [3.63, 3.8) is 0 Å². The molecule has 0 aliphatic rings. The molecule has 1 aromatic heterocycles. The summed E-state index contributed by atoms with van der Waals surface area (Å²) in [5, 5.41) is 4.89. The van der Waals surface area contributed by atoms with Gasteiger partial charge in [-0.05, 0) is 43.3 Å². The Hall–Kier alpha value is -1.72. The van der Waals surface area contributed by atoms with Crippen molar-refractivity contribution in [2.45, 2.75) is 6.92 Å². The van der Waals surface area contributed by atoms with E-state index in [0.717, 1.165) is 5.69 Å². The topological polar surface area (TPSA) is 51.2 Å². The Morgan fingerprint density at radius 1 is 1.04 bits per heavy atom. The second-order valence-electron chi connectivity index (χ2n) is 5.48. The fourth-order valence-corrected chi connectivity index (χ4v) is 3.37. The number of halogens is 4. The molecule has 0 radical (unpaired) electrons. The van der Waals surface area contributed by atoms with Crippen molar-refractivity contribution >= 4 is 68.9 Å². The van der Waals surface area contributed by atoms with Crippen molar-refractivity contribution in [1.82, 2.24) is 4.98 Å². The number of aromatic nitrogens is 1. The molecular weight excluding hydrogens is 418 g/mol. The van der Waals surface area contributed by atoms with Crippen LogP contribution < -0.4 is 10.1 Å². The molecule has 3 rings (SSSR count). The summed E-state index contributed by atoms with van der Waals surface area (Å²) in [5.41, 5.74) is 1.71. The molecule has 0 aliphatic heterocycles. The van der Waals surface area contributed by atoms with Crippen LogP contribution in [0.15, 0.2) is 36.4 Å². The summed E-state index contributed by atoms with van der Waals surface area (Å²) in [7, 11) is 0. The van der Waals surface area contributed by atoms with Gasteiger partial charge in [0.05, 0.1) is 20.8 Å². The Kier molecular flexibility index (Phi) is 5.78. The number of benzene rings is 2. The highest BCUT2D eigenvalue weighted by Gasteiger charge is 2.15. The van der Waals surface area contributed by atoms with E-state index >= 15 is 0 Å². The van der Waals surface area contributed by atoms with Gasteiger partial charge in [-0.3, -0.25) is 4.79 Å². The van der Waals surface area contributed by atoms with E-state index in [1.165, 1.54) is 6.07 Å². The lowest BCUT2D eigenvalue weighted by Crippen LogP contribution is -2.20. The number of amides is 1. The van der Waals surface area contributed by atoms with E-state index in [2.05, 4.69) is 10.3 Å². The van der Waals surface area contributed by atoms with Gasteiger partial charge in [0, 0.05) is 16.1 Å². The molecule has 8 heteroatoms. The van der Waals surface area contributed by atoms with E-state index in [0.29, 0.717) is 37.4 Å². The molecule has 4 nitrogen and oxygen atoms in total. The largest absolute Gasteiger partial charge is 0.480 e. The zero-order valence-electron chi connectivity index (χ0n) is 13.4. The third-order valence-electron chi connectivity index (χ3n) is 3.53. The van der Waals surface area contributed by atoms with E-state index in [9.17, 15) is 4.79 Å². The summed E-state index contributed by atoms with van der Waals surface area (Å²) in [6, 6.07) is 10.00. The van der Waals surface area contributed by atoms with E-state index in [1.807, 2.05) is 19.1 Å². The first-order valence-corrected chi connectivity index (χ1v) is 8.99. The van der Waals surface area contributed by atoms with Crippen LogP contribution in [0.4, 0.5) is 5.69 Å². The number of carbonyl (C=O) groups is 1. The lowest BCUT2D eigenvalue weighted by atomic mass is 10.2. The Labute approximate surface area is 170 Å². The summed E-state index contributed by atoms with van der Waals surface area (Å²) in [5.74, 6) is -0.104. The van der Waals surface area contributed by atoms with E-state index in [-0.39, 0.29) is 11.6 Å². The number of carbonyl (C=O) groups excluding carboxylic acids is 1. The van der Waals surface area contributed by atoms with Crippen molar-refractivity contribution < 1.29 is 9.53 Å². The second-order valence-corrected chi connectivity index (χ2v) is 7.14. The Morgan fingerprint density at radius 2 is 1.81 bits per heavy atom. The van der Waals surface area contributed by atoms with E-state index in [4.69, 9.17) is 51.1 Å². The SMILES string of the molecule is Cc1ccc2c(Cl)cc(Cl)c(OCC(=O)Nc3ccc(Cl)cc3Cl)c2n1. The van der Waals surface area contributed by atoms with Crippen LogP contribution in [0.1, 0.15) is 5.69 Å². The highest BCUT2D eigenvalue weighted by Crippen LogP contribution is 2.37. The molecule has 1 heterocycles. The first kappa shape index (κ1) is 19.1. The number of nitrogens with zero attached hydrogens (tertiary/aromatic N) is 1. The van der Waals surface area contributed by atoms with E-state index in [1.54, 1.807) is 18.2 Å². The van der Waals surface area contributed by atoms with Crippen molar-refractivity contribution in [2.24, 2.45) is 0 Å². The zero-order valence-corrected chi connectivity index (χ0v) is 16.5. The minimum atomic E-state index is -0.402. The minimum Gasteiger partial charge on any atom is -0.480 e. The maximum atomic E-state index is 12.2. The summed E-state index contributed by atoms with van der Waals surface area (Å²) >= 11 is 24.3. The van der Waals surface area contributed by atoms with Crippen molar-refractivity contribution in [1.29, 1.82) is 0 Å². The maximum Gasteiger partial charge on any atom is 0.262 e. The first-order chi connectivity index (χ1) is 12.3. The molecule has 0 aliphatic carbocycles. The number of anilines is 1. The van der Waals surface area contributed by atoms with Crippen LogP contribution in [0.5, 0.6) is 5.75 Å². The van der Waals surface area contributed by atoms with Gasteiger partial charge in [0.15, 0.2) is 12.4 Å². The van der Waals surface area contributed by atoms with Gasteiger partial charge in [-0.1, -0.05) is 46.4 Å². The summed E-state index contributed by atoms with van der Waals surface area (Å²) < 4.78 is 5.62. The molecule has 0 unspecified atom stereocenters. The van der Waals surface area contributed by atoms with Crippen molar-refractivity contribution in [3.05, 3.63) is 62.2 Å². The Bertz CT molecular complexity index is 1010. The maximum absolute atomic E-state index is 12.2. The number of rotatable bonds is 4. The molecular formula is C18H12Cl4N2O2. The number of aryl methyl sites for hydroxylation is 1. The lowest BCUT2D eigenvalue weighted by molar-refractivity contribution is -0.118. The number of hydrogen-bond acceptors (Lipinski definition) is 3. The number of fused-ring (bicyclic) bond motifs is 1. The monoisotopic (exact) mass is 428 g/mol. The molecule has 0 saturated carbocycles. The van der Waals surface area contributed by atoms with Gasteiger partial charge in [-0.15, -0.1) is 0 Å². The average Bonchev–Trinajstić information content (AvgIpc) is 2.57. The molecule has 1 N–H and O–H groups in total. The highest BCUT2D eigenvalue weighted by molar-refractivity contribution is 6.39. The highest BCUT2D eigenvalue weighted by atomic mass is 35.5. The van der Waals surface area contributed by atoms with Crippen LogP contribution in [0.25, 0.3) is 10.9 Å². The van der Waals surface area contributed by atoms with Crippen LogP contribution in [-0.2, 0) is 4.79 Å². The third-order valence-corrected chi connectivity index (χ3v) is 4.67.